The summed E-state index contributed by atoms with van der Waals surface area (Å²) in [6.45, 7) is 0.0284. The summed E-state index contributed by atoms with van der Waals surface area (Å²) in [5.74, 6) is -1.64. The Morgan fingerprint density at radius 1 is 1.15 bits per heavy atom. The highest BCUT2D eigenvalue weighted by molar-refractivity contribution is 6.46. The number of carbonyl (C=O) groups is 2. The van der Waals surface area contributed by atoms with Gasteiger partial charge in [0.05, 0.1) is 23.6 Å². The molecule has 0 unspecified atom stereocenters. The number of ketones is 1. The summed E-state index contributed by atoms with van der Waals surface area (Å²) in [6, 6.07) is 14.5. The number of aromatic nitrogens is 1. The van der Waals surface area contributed by atoms with Crippen LogP contribution >= 0.6 is 0 Å². The predicted molar refractivity (Wildman–Crippen MR) is 118 cm³/mol. The highest BCUT2D eigenvalue weighted by atomic mass is 16.6. The maximum absolute atomic E-state index is 13.1. The van der Waals surface area contributed by atoms with Crippen LogP contribution in [0.1, 0.15) is 22.7 Å². The number of methoxy groups -OCH3 is 1. The van der Waals surface area contributed by atoms with Gasteiger partial charge in [-0.25, -0.2) is 0 Å². The van der Waals surface area contributed by atoms with Crippen LogP contribution in [0.4, 0.5) is 5.69 Å². The Morgan fingerprint density at radius 3 is 2.64 bits per heavy atom. The van der Waals surface area contributed by atoms with Crippen LogP contribution in [0.2, 0.25) is 0 Å². The van der Waals surface area contributed by atoms with E-state index in [1.807, 2.05) is 0 Å². The molecule has 1 atom stereocenters. The summed E-state index contributed by atoms with van der Waals surface area (Å²) < 4.78 is 5.19. The fourth-order valence-corrected chi connectivity index (χ4v) is 3.81. The highest BCUT2D eigenvalue weighted by Crippen LogP contribution is 2.41. The Hall–Kier alpha value is -4.53. The zero-order valence-corrected chi connectivity index (χ0v) is 17.5. The van der Waals surface area contributed by atoms with Crippen molar-refractivity contribution in [3.63, 3.8) is 0 Å². The normalized spacial score (nSPS) is 17.2. The second-order valence-electron chi connectivity index (χ2n) is 7.37. The Kier molecular flexibility index (Phi) is 5.86. The summed E-state index contributed by atoms with van der Waals surface area (Å²) in [7, 11) is 1.47. The van der Waals surface area contributed by atoms with Gasteiger partial charge in [-0.05, 0) is 29.3 Å². The van der Waals surface area contributed by atoms with Crippen LogP contribution in [0.5, 0.6) is 5.75 Å². The first kappa shape index (κ1) is 21.7. The first-order valence-electron chi connectivity index (χ1n) is 9.97. The van der Waals surface area contributed by atoms with E-state index in [1.165, 1.54) is 36.3 Å². The molecule has 2 aromatic carbocycles. The Bertz CT molecular complexity index is 1270. The van der Waals surface area contributed by atoms with Crippen molar-refractivity contribution in [2.24, 2.45) is 0 Å². The van der Waals surface area contributed by atoms with E-state index in [-0.39, 0.29) is 23.4 Å². The average molecular weight is 445 g/mol. The highest BCUT2D eigenvalue weighted by Gasteiger charge is 2.46. The van der Waals surface area contributed by atoms with E-state index in [0.29, 0.717) is 16.9 Å². The van der Waals surface area contributed by atoms with Crippen molar-refractivity contribution in [1.82, 2.24) is 9.88 Å². The van der Waals surface area contributed by atoms with E-state index in [0.717, 1.165) is 0 Å². The summed E-state index contributed by atoms with van der Waals surface area (Å²) in [5, 5.41) is 22.5. The van der Waals surface area contributed by atoms with Crippen LogP contribution in [-0.2, 0) is 16.1 Å². The lowest BCUT2D eigenvalue weighted by atomic mass is 9.95. The number of rotatable bonds is 6. The fraction of sp³-hybridized carbons (Fsp3) is 0.125. The van der Waals surface area contributed by atoms with Crippen LogP contribution in [0.25, 0.3) is 5.76 Å². The fourth-order valence-electron chi connectivity index (χ4n) is 3.81. The molecule has 1 aliphatic rings. The third kappa shape index (κ3) is 4.16. The first-order valence-corrected chi connectivity index (χ1v) is 9.97. The average Bonchev–Trinajstić information content (AvgIpc) is 3.09. The maximum atomic E-state index is 13.1. The van der Waals surface area contributed by atoms with Gasteiger partial charge in [0.15, 0.2) is 0 Å². The van der Waals surface area contributed by atoms with E-state index in [2.05, 4.69) is 4.98 Å². The number of aliphatic hydroxyl groups is 1. The second-order valence-corrected chi connectivity index (χ2v) is 7.37. The van der Waals surface area contributed by atoms with Crippen molar-refractivity contribution in [1.29, 1.82) is 0 Å². The molecule has 0 spiro atoms. The standard InChI is InChI=1S/C24H19N3O6/c1-33-19-9-3-7-17(12-19)22(28)20-21(16-6-2-8-18(11-16)27(31)32)26(24(30)23(20)29)14-15-5-4-10-25-13-15/h2-13,21,28H,14H2,1H3/t21-/m0/s1. The molecule has 0 bridgehead atoms. The van der Waals surface area contributed by atoms with Gasteiger partial charge in [0.25, 0.3) is 17.4 Å². The molecule has 166 valence electrons. The minimum atomic E-state index is -1.03. The summed E-state index contributed by atoms with van der Waals surface area (Å²) in [4.78, 5) is 42.2. The van der Waals surface area contributed by atoms with Crippen LogP contribution in [-0.4, -0.2) is 38.7 Å². The predicted octanol–water partition coefficient (Wildman–Crippen LogP) is 3.62. The van der Waals surface area contributed by atoms with Crippen molar-refractivity contribution in [2.75, 3.05) is 7.11 Å². The minimum Gasteiger partial charge on any atom is -0.507 e. The lowest BCUT2D eigenvalue weighted by Gasteiger charge is -2.25. The molecule has 1 amide bonds. The van der Waals surface area contributed by atoms with Crippen molar-refractivity contribution in [3.8, 4) is 5.75 Å². The van der Waals surface area contributed by atoms with Gasteiger partial charge in [-0.1, -0.05) is 30.3 Å². The van der Waals surface area contributed by atoms with E-state index in [1.54, 1.807) is 48.8 Å². The number of Topliss-reactive ketones (excluding diaryl/α,β-unsaturated/α-hetero) is 1. The van der Waals surface area contributed by atoms with Crippen LogP contribution < -0.4 is 4.74 Å². The smallest absolute Gasteiger partial charge is 0.295 e. The van der Waals surface area contributed by atoms with E-state index in [4.69, 9.17) is 4.74 Å². The molecule has 0 saturated carbocycles. The van der Waals surface area contributed by atoms with Crippen LogP contribution in [0.15, 0.2) is 78.6 Å². The lowest BCUT2D eigenvalue weighted by Crippen LogP contribution is -2.29. The molecule has 1 aliphatic heterocycles. The summed E-state index contributed by atoms with van der Waals surface area (Å²) in [5.41, 5.74) is 0.926. The zero-order chi connectivity index (χ0) is 23.5. The number of pyridine rings is 1. The number of hydrogen-bond acceptors (Lipinski definition) is 7. The molecule has 1 N–H and O–H groups in total. The number of nitro benzene ring substituents is 1. The molecule has 2 heterocycles. The van der Waals surface area contributed by atoms with E-state index >= 15 is 0 Å². The number of aliphatic hydroxyl groups excluding tert-OH is 1. The third-order valence-corrected chi connectivity index (χ3v) is 5.36. The number of non-ortho nitro benzene ring substituents is 1. The zero-order valence-electron chi connectivity index (χ0n) is 17.5. The number of amides is 1. The number of benzene rings is 2. The van der Waals surface area contributed by atoms with E-state index < -0.39 is 28.4 Å². The number of nitrogens with zero attached hydrogens (tertiary/aromatic N) is 3. The van der Waals surface area contributed by atoms with Gasteiger partial charge >= 0.3 is 0 Å². The van der Waals surface area contributed by atoms with Gasteiger partial charge in [-0.3, -0.25) is 24.7 Å². The molecule has 9 nitrogen and oxygen atoms in total. The molecular formula is C24H19N3O6. The Morgan fingerprint density at radius 2 is 1.94 bits per heavy atom. The molecular weight excluding hydrogens is 426 g/mol. The number of nitro groups is 1. The largest absolute Gasteiger partial charge is 0.507 e. The Labute approximate surface area is 188 Å². The van der Waals surface area contributed by atoms with E-state index in [9.17, 15) is 24.8 Å². The summed E-state index contributed by atoms with van der Waals surface area (Å²) >= 11 is 0. The van der Waals surface area contributed by atoms with Gasteiger partial charge in [-0.2, -0.15) is 0 Å². The van der Waals surface area contributed by atoms with Crippen molar-refractivity contribution < 1.29 is 24.4 Å². The molecule has 33 heavy (non-hydrogen) atoms. The lowest BCUT2D eigenvalue weighted by molar-refractivity contribution is -0.384. The van der Waals surface area contributed by atoms with Crippen LogP contribution in [0.3, 0.4) is 0 Å². The van der Waals surface area contributed by atoms with Gasteiger partial charge < -0.3 is 14.7 Å². The van der Waals surface area contributed by atoms with Crippen molar-refractivity contribution in [3.05, 3.63) is 105 Å². The number of likely N-dealkylation sites (tertiary alicyclic amines) is 1. The van der Waals surface area contributed by atoms with Gasteiger partial charge in [0.2, 0.25) is 0 Å². The second kappa shape index (κ2) is 8.91. The Balaban J connectivity index is 1.90. The maximum Gasteiger partial charge on any atom is 0.295 e. The van der Waals surface area contributed by atoms with Crippen molar-refractivity contribution in [2.45, 2.75) is 12.6 Å². The third-order valence-electron chi connectivity index (χ3n) is 5.36. The molecule has 1 fully saturated rings. The number of carbonyl (C=O) groups excluding carboxylic acids is 2. The quantitative estimate of drug-likeness (QED) is 0.202. The number of ether oxygens (including phenoxy) is 1. The van der Waals surface area contributed by atoms with Crippen LogP contribution in [0, 0.1) is 10.1 Å². The molecule has 0 aliphatic carbocycles. The van der Waals surface area contributed by atoms with Gasteiger partial charge in [0.1, 0.15) is 11.5 Å². The molecule has 9 heteroatoms. The molecule has 3 aromatic rings. The van der Waals surface area contributed by atoms with Crippen molar-refractivity contribution >= 4 is 23.1 Å². The molecule has 1 saturated heterocycles. The topological polar surface area (TPSA) is 123 Å². The van der Waals surface area contributed by atoms with Gasteiger partial charge in [0, 0.05) is 36.6 Å². The minimum absolute atomic E-state index is 0.0284. The first-order chi connectivity index (χ1) is 15.9. The number of hydrogen-bond donors (Lipinski definition) is 1. The molecule has 0 radical (unpaired) electrons. The van der Waals surface area contributed by atoms with Gasteiger partial charge in [-0.15, -0.1) is 0 Å². The molecule has 4 rings (SSSR count). The molecule has 1 aromatic heterocycles. The summed E-state index contributed by atoms with van der Waals surface area (Å²) in [6.07, 6.45) is 3.14. The monoisotopic (exact) mass is 445 g/mol. The SMILES string of the molecule is COc1cccc(C(O)=C2C(=O)C(=O)N(Cc3cccnc3)[C@H]2c2cccc([N+](=O)[O-])c2)c1.